The van der Waals surface area contributed by atoms with Crippen molar-refractivity contribution in [3.05, 3.63) is 0 Å². The second-order valence-corrected chi connectivity index (χ2v) is 10.1. The fourth-order valence-electron chi connectivity index (χ4n) is 5.98. The summed E-state index contributed by atoms with van der Waals surface area (Å²) in [6, 6.07) is 0.670. The predicted molar refractivity (Wildman–Crippen MR) is 115 cm³/mol. The van der Waals surface area contributed by atoms with Crippen LogP contribution in [-0.4, -0.2) is 75.0 Å². The van der Waals surface area contributed by atoms with Crippen LogP contribution in [0.3, 0.4) is 0 Å². The van der Waals surface area contributed by atoms with E-state index in [9.17, 15) is 4.79 Å². The van der Waals surface area contributed by atoms with Gasteiger partial charge < -0.3 is 15.0 Å². The topological polar surface area (TPSA) is 54.0 Å². The van der Waals surface area contributed by atoms with Gasteiger partial charge in [0.15, 0.2) is 0 Å². The van der Waals surface area contributed by atoms with E-state index >= 15 is 0 Å². The summed E-state index contributed by atoms with van der Waals surface area (Å²) in [5.74, 6) is 1.97. The molecular formula is C23H43N3O3. The molecule has 2 saturated carbocycles. The number of hydrogen-bond acceptors (Lipinski definition) is 5. The molecule has 2 aliphatic carbocycles. The summed E-state index contributed by atoms with van der Waals surface area (Å²) < 4.78 is 6.14. The number of nitrogens with one attached hydrogen (secondary N) is 1. The van der Waals surface area contributed by atoms with Crippen LogP contribution in [0.5, 0.6) is 0 Å². The van der Waals surface area contributed by atoms with Gasteiger partial charge >= 0.3 is 0 Å². The monoisotopic (exact) mass is 409 g/mol. The number of rotatable bonds is 7. The van der Waals surface area contributed by atoms with E-state index in [1.807, 2.05) is 7.11 Å². The third kappa shape index (κ3) is 5.93. The molecule has 1 amide bonds. The number of nitrogens with zero attached hydrogens (tertiary/aromatic N) is 2. The first-order valence-corrected chi connectivity index (χ1v) is 11.8. The lowest BCUT2D eigenvalue weighted by atomic mass is 9.65. The van der Waals surface area contributed by atoms with Crippen molar-refractivity contribution in [3.8, 4) is 0 Å². The summed E-state index contributed by atoms with van der Waals surface area (Å²) in [5.41, 5.74) is 0. The van der Waals surface area contributed by atoms with Crippen LogP contribution in [0.1, 0.15) is 58.8 Å². The van der Waals surface area contributed by atoms with Crippen molar-refractivity contribution in [3.63, 3.8) is 0 Å². The first kappa shape index (κ1) is 23.0. The molecular weight excluding hydrogens is 366 g/mol. The maximum Gasteiger partial charge on any atom is 0.223 e. The van der Waals surface area contributed by atoms with Crippen LogP contribution in [0.15, 0.2) is 0 Å². The molecule has 168 valence electrons. The number of hydrogen-bond donors (Lipinski definition) is 1. The molecule has 0 bridgehead atoms. The molecule has 3 aliphatic rings. The zero-order valence-electron chi connectivity index (χ0n) is 19.2. The largest absolute Gasteiger partial charge is 0.381 e. The van der Waals surface area contributed by atoms with Crippen LogP contribution in [0.4, 0.5) is 0 Å². The highest BCUT2D eigenvalue weighted by Gasteiger charge is 2.43. The van der Waals surface area contributed by atoms with Gasteiger partial charge in [0, 0.05) is 44.1 Å². The van der Waals surface area contributed by atoms with Crippen LogP contribution in [0, 0.1) is 23.7 Å². The van der Waals surface area contributed by atoms with Crippen LogP contribution < -0.4 is 5.32 Å². The summed E-state index contributed by atoms with van der Waals surface area (Å²) in [4.78, 5) is 21.0. The maximum absolute atomic E-state index is 12.9. The van der Waals surface area contributed by atoms with Gasteiger partial charge in [-0.2, -0.15) is 5.06 Å². The van der Waals surface area contributed by atoms with E-state index in [2.05, 4.69) is 43.2 Å². The van der Waals surface area contributed by atoms with Crippen LogP contribution >= 0.6 is 0 Å². The predicted octanol–water partition coefficient (Wildman–Crippen LogP) is 2.93. The highest BCUT2D eigenvalue weighted by atomic mass is 16.7. The lowest BCUT2D eigenvalue weighted by Crippen LogP contribution is -2.49. The van der Waals surface area contributed by atoms with E-state index in [1.165, 1.54) is 25.7 Å². The molecule has 1 saturated heterocycles. The molecule has 0 spiro atoms. The Hall–Kier alpha value is -0.690. The van der Waals surface area contributed by atoms with Gasteiger partial charge in [-0.1, -0.05) is 6.42 Å². The molecule has 6 heteroatoms. The Kier molecular flexibility index (Phi) is 8.37. The average Bonchev–Trinajstić information content (AvgIpc) is 3.20. The fourth-order valence-corrected chi connectivity index (χ4v) is 5.98. The van der Waals surface area contributed by atoms with Gasteiger partial charge in [-0.3, -0.25) is 9.63 Å². The molecule has 1 N–H and O–H groups in total. The van der Waals surface area contributed by atoms with E-state index in [-0.39, 0.29) is 24.0 Å². The van der Waals surface area contributed by atoms with Gasteiger partial charge in [0.2, 0.25) is 5.91 Å². The van der Waals surface area contributed by atoms with Crippen LogP contribution in [0.2, 0.25) is 0 Å². The second kappa shape index (κ2) is 10.6. The smallest absolute Gasteiger partial charge is 0.223 e. The number of carbonyl (C=O) groups excluding carboxylic acids is 1. The molecule has 1 heterocycles. The van der Waals surface area contributed by atoms with Gasteiger partial charge in [0.05, 0.1) is 12.7 Å². The SMILES string of the molecule is COC1C(CN2CCCO2)CCCC1C1CC(C(=O)NC(C)C)CC(N(C)C)C1. The van der Waals surface area contributed by atoms with Crippen molar-refractivity contribution in [2.75, 3.05) is 40.9 Å². The third-order valence-electron chi connectivity index (χ3n) is 7.39. The van der Waals surface area contributed by atoms with E-state index in [0.29, 0.717) is 23.8 Å². The van der Waals surface area contributed by atoms with Crippen molar-refractivity contribution in [1.82, 2.24) is 15.3 Å². The Balaban J connectivity index is 1.71. The zero-order chi connectivity index (χ0) is 21.0. The van der Waals surface area contributed by atoms with E-state index in [4.69, 9.17) is 9.57 Å². The van der Waals surface area contributed by atoms with Gasteiger partial charge in [-0.25, -0.2) is 0 Å². The number of methoxy groups -OCH3 is 1. The first-order valence-electron chi connectivity index (χ1n) is 11.8. The molecule has 1 aliphatic heterocycles. The van der Waals surface area contributed by atoms with E-state index in [0.717, 1.165) is 39.0 Å². The number of carbonyl (C=O) groups is 1. The van der Waals surface area contributed by atoms with Crippen LogP contribution in [-0.2, 0) is 14.4 Å². The standard InChI is InChI=1S/C23H43N3O3/c1-16(2)24-23(27)19-12-18(13-20(14-19)25(3)4)21-9-6-8-17(22(21)28-5)15-26-10-7-11-29-26/h16-22H,6-15H2,1-5H3,(H,24,27). The summed E-state index contributed by atoms with van der Waals surface area (Å²) in [5, 5.41) is 5.32. The van der Waals surface area contributed by atoms with Crippen molar-refractivity contribution in [2.24, 2.45) is 23.7 Å². The summed E-state index contributed by atoms with van der Waals surface area (Å²) >= 11 is 0. The molecule has 3 fully saturated rings. The Labute approximate surface area is 177 Å². The van der Waals surface area contributed by atoms with Crippen molar-refractivity contribution in [2.45, 2.75) is 77.0 Å². The molecule has 6 nitrogen and oxygen atoms in total. The fraction of sp³-hybridized carbons (Fsp3) is 0.957. The lowest BCUT2D eigenvalue weighted by Gasteiger charge is -2.46. The lowest BCUT2D eigenvalue weighted by molar-refractivity contribution is -0.145. The highest BCUT2D eigenvalue weighted by Crippen LogP contribution is 2.44. The molecule has 0 radical (unpaired) electrons. The number of ether oxygens (including phenoxy) is 1. The molecule has 0 aromatic heterocycles. The quantitative estimate of drug-likeness (QED) is 0.701. The van der Waals surface area contributed by atoms with Crippen LogP contribution in [0.25, 0.3) is 0 Å². The Morgan fingerprint density at radius 1 is 1.21 bits per heavy atom. The first-order chi connectivity index (χ1) is 13.9. The number of amides is 1. The minimum atomic E-state index is 0.114. The molecule has 29 heavy (non-hydrogen) atoms. The molecule has 0 aromatic rings. The zero-order valence-corrected chi connectivity index (χ0v) is 19.2. The van der Waals surface area contributed by atoms with Crippen molar-refractivity contribution >= 4 is 5.91 Å². The highest BCUT2D eigenvalue weighted by molar-refractivity contribution is 5.79. The Morgan fingerprint density at radius 3 is 2.62 bits per heavy atom. The molecule has 6 unspecified atom stereocenters. The van der Waals surface area contributed by atoms with Crippen molar-refractivity contribution < 1.29 is 14.4 Å². The van der Waals surface area contributed by atoms with E-state index < -0.39 is 0 Å². The Morgan fingerprint density at radius 2 is 2.00 bits per heavy atom. The van der Waals surface area contributed by atoms with E-state index in [1.54, 1.807) is 0 Å². The average molecular weight is 410 g/mol. The molecule has 3 rings (SSSR count). The van der Waals surface area contributed by atoms with Gasteiger partial charge in [-0.15, -0.1) is 0 Å². The molecule has 0 aromatic carbocycles. The third-order valence-corrected chi connectivity index (χ3v) is 7.39. The van der Waals surface area contributed by atoms with Crippen molar-refractivity contribution in [1.29, 1.82) is 0 Å². The van der Waals surface area contributed by atoms with Gasteiger partial charge in [-0.05, 0) is 78.3 Å². The number of hydroxylamine groups is 2. The summed E-state index contributed by atoms with van der Waals surface area (Å²) in [7, 11) is 6.20. The van der Waals surface area contributed by atoms with Gasteiger partial charge in [0.25, 0.3) is 0 Å². The van der Waals surface area contributed by atoms with Gasteiger partial charge in [0.1, 0.15) is 0 Å². The minimum Gasteiger partial charge on any atom is -0.381 e. The normalized spacial score (nSPS) is 36.7. The summed E-state index contributed by atoms with van der Waals surface area (Å²) in [6.45, 7) is 6.98. The maximum atomic E-state index is 12.9. The minimum absolute atomic E-state index is 0.114. The Bertz CT molecular complexity index is 521. The molecule has 6 atom stereocenters. The second-order valence-electron chi connectivity index (χ2n) is 10.1. The summed E-state index contributed by atoms with van der Waals surface area (Å²) in [6.07, 6.45) is 8.25.